The topological polar surface area (TPSA) is 67.5 Å². The molecule has 4 heteroatoms. The molecule has 3 rings (SSSR count). The van der Waals surface area contributed by atoms with Gasteiger partial charge in [-0.3, -0.25) is 4.79 Å². The number of fused-ring (bicyclic) bond motifs is 1. The summed E-state index contributed by atoms with van der Waals surface area (Å²) in [5.41, 5.74) is 0.962. The van der Waals surface area contributed by atoms with Crippen molar-refractivity contribution < 1.29 is 14.3 Å². The molecule has 1 heterocycles. The number of aromatic hydroxyl groups is 1. The predicted octanol–water partition coefficient (Wildman–Crippen LogP) is 3.42. The molecule has 0 fully saturated rings. The smallest absolute Gasteiger partial charge is 0.343 e. The largest absolute Gasteiger partial charge is 0.507 e. The van der Waals surface area contributed by atoms with E-state index in [0.717, 1.165) is 12.0 Å². The van der Waals surface area contributed by atoms with Crippen LogP contribution in [0.5, 0.6) is 5.75 Å². The van der Waals surface area contributed by atoms with Crippen LogP contribution in [0.4, 0.5) is 0 Å². The molecule has 2 aromatic rings. The zero-order valence-electron chi connectivity index (χ0n) is 12.9. The number of hydrogen-bond donors (Lipinski definition) is 1. The summed E-state index contributed by atoms with van der Waals surface area (Å²) in [5, 5.41) is 10.6. The Hall–Kier alpha value is -2.62. The van der Waals surface area contributed by atoms with E-state index in [9.17, 15) is 14.7 Å². The number of aryl methyl sites for hydroxylation is 1. The van der Waals surface area contributed by atoms with E-state index in [0.29, 0.717) is 17.7 Å². The van der Waals surface area contributed by atoms with Gasteiger partial charge in [-0.25, -0.2) is 4.79 Å². The number of carbonyl (C=O) groups excluding carboxylic acids is 1. The van der Waals surface area contributed by atoms with Crippen molar-refractivity contribution in [3.8, 4) is 5.75 Å². The molecule has 1 aromatic carbocycles. The number of ketones is 1. The molecule has 1 aliphatic carbocycles. The van der Waals surface area contributed by atoms with Crippen LogP contribution in [0.15, 0.2) is 45.6 Å². The lowest BCUT2D eigenvalue weighted by molar-refractivity contribution is -0.117. The number of allylic oxidation sites excluding steroid dienone is 1. The van der Waals surface area contributed by atoms with Gasteiger partial charge in [0, 0.05) is 18.8 Å². The van der Waals surface area contributed by atoms with Crippen LogP contribution in [0.25, 0.3) is 6.08 Å². The van der Waals surface area contributed by atoms with Crippen molar-refractivity contribution in [1.82, 2.24) is 0 Å². The van der Waals surface area contributed by atoms with Crippen LogP contribution in [0, 0.1) is 0 Å². The normalized spacial score (nSPS) is 14.3. The second kappa shape index (κ2) is 6.24. The third-order valence-corrected chi connectivity index (χ3v) is 4.11. The van der Waals surface area contributed by atoms with Crippen LogP contribution in [-0.2, 0) is 11.2 Å². The highest BCUT2D eigenvalue weighted by Crippen LogP contribution is 2.37. The van der Waals surface area contributed by atoms with Crippen molar-refractivity contribution in [2.24, 2.45) is 0 Å². The maximum absolute atomic E-state index is 12.4. The van der Waals surface area contributed by atoms with Gasteiger partial charge in [-0.05, 0) is 18.9 Å². The highest BCUT2D eigenvalue weighted by Gasteiger charge is 2.27. The van der Waals surface area contributed by atoms with Gasteiger partial charge in [0.2, 0.25) is 0 Å². The fourth-order valence-electron chi connectivity index (χ4n) is 3.04. The monoisotopic (exact) mass is 310 g/mol. The molecular weight excluding hydrogens is 292 g/mol. The Bertz CT molecular complexity index is 815. The summed E-state index contributed by atoms with van der Waals surface area (Å²) in [6, 6.07) is 9.26. The van der Waals surface area contributed by atoms with Crippen molar-refractivity contribution in [2.75, 3.05) is 0 Å². The van der Waals surface area contributed by atoms with Gasteiger partial charge in [-0.1, -0.05) is 42.5 Å². The van der Waals surface area contributed by atoms with Gasteiger partial charge in [-0.2, -0.15) is 0 Å². The maximum atomic E-state index is 12.4. The Morgan fingerprint density at radius 3 is 2.74 bits per heavy atom. The molecule has 1 aromatic heterocycles. The zero-order chi connectivity index (χ0) is 16.4. The standard InChI is InChI=1S/C19H18O4/c1-12(20)11-15(13-7-3-2-4-8-13)17-18(21)14-9-5-6-10-16(14)23-19(17)22/h2-5,7-9,15,21H,6,10-11H2,1H3. The van der Waals surface area contributed by atoms with Crippen LogP contribution in [0.3, 0.4) is 0 Å². The molecule has 1 aliphatic rings. The Morgan fingerprint density at radius 1 is 1.30 bits per heavy atom. The molecule has 118 valence electrons. The minimum absolute atomic E-state index is 0.0501. The SMILES string of the molecule is CC(=O)CC(c1ccccc1)c1c(O)c2c(oc1=O)CCC=C2. The van der Waals surface area contributed by atoms with Crippen molar-refractivity contribution in [1.29, 1.82) is 0 Å². The van der Waals surface area contributed by atoms with Gasteiger partial charge < -0.3 is 9.52 Å². The third kappa shape index (κ3) is 2.97. The first kappa shape index (κ1) is 15.3. The number of Topliss-reactive ketones (excluding diaryl/α,β-unsaturated/α-hetero) is 1. The molecule has 1 unspecified atom stereocenters. The number of benzene rings is 1. The summed E-state index contributed by atoms with van der Waals surface area (Å²) in [4.78, 5) is 24.1. The lowest BCUT2D eigenvalue weighted by Crippen LogP contribution is -2.18. The molecule has 0 amide bonds. The average molecular weight is 310 g/mol. The fourth-order valence-corrected chi connectivity index (χ4v) is 3.04. The number of carbonyl (C=O) groups is 1. The van der Waals surface area contributed by atoms with E-state index < -0.39 is 11.5 Å². The van der Waals surface area contributed by atoms with Crippen molar-refractivity contribution in [3.05, 3.63) is 69.3 Å². The zero-order valence-corrected chi connectivity index (χ0v) is 12.9. The van der Waals surface area contributed by atoms with Crippen LogP contribution in [0.1, 0.15) is 48.1 Å². The van der Waals surface area contributed by atoms with Gasteiger partial charge in [-0.15, -0.1) is 0 Å². The lowest BCUT2D eigenvalue weighted by Gasteiger charge is -2.19. The number of rotatable bonds is 4. The van der Waals surface area contributed by atoms with Gasteiger partial charge >= 0.3 is 5.63 Å². The summed E-state index contributed by atoms with van der Waals surface area (Å²) < 4.78 is 5.42. The third-order valence-electron chi connectivity index (χ3n) is 4.11. The van der Waals surface area contributed by atoms with E-state index >= 15 is 0 Å². The molecule has 23 heavy (non-hydrogen) atoms. The molecule has 0 saturated heterocycles. The number of hydrogen-bond acceptors (Lipinski definition) is 4. The molecule has 0 radical (unpaired) electrons. The van der Waals surface area contributed by atoms with E-state index in [4.69, 9.17) is 4.42 Å². The van der Waals surface area contributed by atoms with E-state index in [1.54, 1.807) is 6.08 Å². The van der Waals surface area contributed by atoms with Gasteiger partial charge in [0.1, 0.15) is 17.3 Å². The van der Waals surface area contributed by atoms with Crippen LogP contribution in [-0.4, -0.2) is 10.9 Å². The van der Waals surface area contributed by atoms with Crippen molar-refractivity contribution in [2.45, 2.75) is 32.1 Å². The second-order valence-electron chi connectivity index (χ2n) is 5.80. The van der Waals surface area contributed by atoms with E-state index in [1.807, 2.05) is 36.4 Å². The molecule has 1 atom stereocenters. The van der Waals surface area contributed by atoms with Crippen molar-refractivity contribution in [3.63, 3.8) is 0 Å². The van der Waals surface area contributed by atoms with Gasteiger partial charge in [0.25, 0.3) is 0 Å². The second-order valence-corrected chi connectivity index (χ2v) is 5.80. The molecule has 0 spiro atoms. The quantitative estimate of drug-likeness (QED) is 0.939. The molecule has 1 N–H and O–H groups in total. The van der Waals surface area contributed by atoms with E-state index in [1.165, 1.54) is 6.92 Å². The maximum Gasteiger partial charge on any atom is 0.343 e. The summed E-state index contributed by atoms with van der Waals surface area (Å²) in [6.07, 6.45) is 5.23. The lowest BCUT2D eigenvalue weighted by atomic mass is 9.86. The van der Waals surface area contributed by atoms with Gasteiger partial charge in [0.05, 0.1) is 11.1 Å². The van der Waals surface area contributed by atoms with Crippen molar-refractivity contribution >= 4 is 11.9 Å². The molecule has 0 bridgehead atoms. The summed E-state index contributed by atoms with van der Waals surface area (Å²) in [5.74, 6) is -0.118. The molecule has 0 aliphatic heterocycles. The van der Waals surface area contributed by atoms with Gasteiger partial charge in [0.15, 0.2) is 0 Å². The van der Waals surface area contributed by atoms with E-state index in [2.05, 4.69) is 0 Å². The minimum atomic E-state index is -0.563. The Kier molecular flexibility index (Phi) is 4.15. The highest BCUT2D eigenvalue weighted by atomic mass is 16.4. The van der Waals surface area contributed by atoms with Crippen LogP contribution < -0.4 is 5.63 Å². The summed E-state index contributed by atoms with van der Waals surface area (Å²) in [7, 11) is 0. The minimum Gasteiger partial charge on any atom is -0.507 e. The average Bonchev–Trinajstić information content (AvgIpc) is 2.54. The van der Waals surface area contributed by atoms with Crippen LogP contribution in [0.2, 0.25) is 0 Å². The highest BCUT2D eigenvalue weighted by molar-refractivity contribution is 5.77. The Balaban J connectivity index is 2.19. The Labute approximate surface area is 134 Å². The first-order chi connectivity index (χ1) is 11.1. The van der Waals surface area contributed by atoms with E-state index in [-0.39, 0.29) is 23.5 Å². The summed E-state index contributed by atoms with van der Waals surface area (Å²) >= 11 is 0. The first-order valence-corrected chi connectivity index (χ1v) is 7.67. The fraction of sp³-hybridized carbons (Fsp3) is 0.263. The molecule has 4 nitrogen and oxygen atoms in total. The first-order valence-electron chi connectivity index (χ1n) is 7.67. The van der Waals surface area contributed by atoms with Crippen LogP contribution >= 0.6 is 0 Å². The molecular formula is C19H18O4. The Morgan fingerprint density at radius 2 is 2.04 bits per heavy atom. The molecule has 0 saturated carbocycles. The predicted molar refractivity (Wildman–Crippen MR) is 87.6 cm³/mol. The summed E-state index contributed by atoms with van der Waals surface area (Å²) in [6.45, 7) is 1.48.